The van der Waals surface area contributed by atoms with Crippen molar-refractivity contribution < 1.29 is 4.79 Å². The van der Waals surface area contributed by atoms with E-state index in [1.807, 2.05) is 19.2 Å². The van der Waals surface area contributed by atoms with Crippen LogP contribution in [0.2, 0.25) is 0 Å². The van der Waals surface area contributed by atoms with Crippen LogP contribution in [0.5, 0.6) is 0 Å². The molecule has 1 unspecified atom stereocenters. The van der Waals surface area contributed by atoms with E-state index < -0.39 is 0 Å². The summed E-state index contributed by atoms with van der Waals surface area (Å²) in [5.41, 5.74) is 1.07. The largest absolute Gasteiger partial charge is 0.352 e. The Hall–Kier alpha value is -1.42. The van der Waals surface area contributed by atoms with Crippen molar-refractivity contribution in [1.82, 2.24) is 15.6 Å². The highest BCUT2D eigenvalue weighted by molar-refractivity contribution is 5.79. The van der Waals surface area contributed by atoms with Gasteiger partial charge in [0, 0.05) is 25.5 Å². The first-order valence-electron chi connectivity index (χ1n) is 5.96. The molecule has 0 aliphatic carbocycles. The van der Waals surface area contributed by atoms with Crippen LogP contribution < -0.4 is 10.6 Å². The molecule has 1 aromatic rings. The molecule has 4 nitrogen and oxygen atoms in total. The van der Waals surface area contributed by atoms with Crippen LogP contribution in [0, 0.1) is 11.8 Å². The number of rotatable bonds is 6. The summed E-state index contributed by atoms with van der Waals surface area (Å²) >= 11 is 0. The van der Waals surface area contributed by atoms with Crippen LogP contribution in [0.1, 0.15) is 19.4 Å². The molecule has 0 saturated heterocycles. The first-order valence-corrected chi connectivity index (χ1v) is 5.96. The fourth-order valence-corrected chi connectivity index (χ4v) is 1.67. The van der Waals surface area contributed by atoms with Gasteiger partial charge < -0.3 is 10.6 Å². The van der Waals surface area contributed by atoms with Gasteiger partial charge in [0.15, 0.2) is 0 Å². The average molecular weight is 235 g/mol. The molecule has 1 heterocycles. The molecule has 0 aliphatic rings. The lowest BCUT2D eigenvalue weighted by atomic mass is 9.95. The van der Waals surface area contributed by atoms with Gasteiger partial charge in [-0.2, -0.15) is 0 Å². The van der Waals surface area contributed by atoms with E-state index >= 15 is 0 Å². The second-order valence-electron chi connectivity index (χ2n) is 4.48. The third-order valence-corrected chi connectivity index (χ3v) is 2.78. The van der Waals surface area contributed by atoms with Gasteiger partial charge in [-0.3, -0.25) is 9.78 Å². The molecule has 0 aromatic carbocycles. The van der Waals surface area contributed by atoms with Gasteiger partial charge in [0.2, 0.25) is 5.91 Å². The minimum atomic E-state index is 0.0156. The number of aromatic nitrogens is 1. The number of hydrogen-bond donors (Lipinski definition) is 2. The number of hydrogen-bond acceptors (Lipinski definition) is 3. The van der Waals surface area contributed by atoms with Crippen LogP contribution in [0.15, 0.2) is 24.5 Å². The molecule has 94 valence electrons. The summed E-state index contributed by atoms with van der Waals surface area (Å²) in [6, 6.07) is 3.81. The molecular formula is C13H21N3O. The summed E-state index contributed by atoms with van der Waals surface area (Å²) in [7, 11) is 1.87. The van der Waals surface area contributed by atoms with E-state index in [1.54, 1.807) is 12.4 Å². The van der Waals surface area contributed by atoms with Crippen LogP contribution in [0.3, 0.4) is 0 Å². The molecule has 0 spiro atoms. The van der Waals surface area contributed by atoms with E-state index in [2.05, 4.69) is 29.5 Å². The Bertz CT molecular complexity index is 338. The van der Waals surface area contributed by atoms with E-state index in [0.29, 0.717) is 19.0 Å². The summed E-state index contributed by atoms with van der Waals surface area (Å²) < 4.78 is 0. The lowest BCUT2D eigenvalue weighted by Crippen LogP contribution is -2.38. The molecule has 0 fully saturated rings. The lowest BCUT2D eigenvalue weighted by molar-refractivity contribution is -0.126. The minimum absolute atomic E-state index is 0.0156. The number of nitrogens with zero attached hydrogens (tertiary/aromatic N) is 1. The molecule has 2 N–H and O–H groups in total. The minimum Gasteiger partial charge on any atom is -0.352 e. The van der Waals surface area contributed by atoms with E-state index in [-0.39, 0.29) is 11.8 Å². The van der Waals surface area contributed by atoms with Crippen molar-refractivity contribution in [2.45, 2.75) is 20.4 Å². The maximum atomic E-state index is 12.0. The normalized spacial score (nSPS) is 12.5. The number of carbonyl (C=O) groups is 1. The van der Waals surface area contributed by atoms with Gasteiger partial charge in [-0.25, -0.2) is 0 Å². The zero-order chi connectivity index (χ0) is 12.7. The highest BCUT2D eigenvalue weighted by Gasteiger charge is 2.20. The predicted molar refractivity (Wildman–Crippen MR) is 68.3 cm³/mol. The molecular weight excluding hydrogens is 214 g/mol. The summed E-state index contributed by atoms with van der Waals surface area (Å²) in [5.74, 6) is 0.452. The summed E-state index contributed by atoms with van der Waals surface area (Å²) in [6.45, 7) is 5.40. The first-order chi connectivity index (χ1) is 8.15. The molecule has 0 radical (unpaired) electrons. The average Bonchev–Trinajstić information content (AvgIpc) is 2.34. The molecule has 1 rings (SSSR count). The van der Waals surface area contributed by atoms with Crippen molar-refractivity contribution >= 4 is 5.91 Å². The van der Waals surface area contributed by atoms with Crippen LogP contribution >= 0.6 is 0 Å². The molecule has 0 bridgehead atoms. The molecule has 0 aliphatic heterocycles. The standard InChI is InChI=1S/C13H21N3O/c1-10(2)12(9-14-3)13(17)16-8-11-4-6-15-7-5-11/h4-7,10,12,14H,8-9H2,1-3H3,(H,16,17). The van der Waals surface area contributed by atoms with E-state index in [1.165, 1.54) is 0 Å². The van der Waals surface area contributed by atoms with Crippen molar-refractivity contribution in [2.75, 3.05) is 13.6 Å². The Morgan fingerprint density at radius 3 is 2.53 bits per heavy atom. The quantitative estimate of drug-likeness (QED) is 0.778. The van der Waals surface area contributed by atoms with Crippen molar-refractivity contribution in [3.63, 3.8) is 0 Å². The van der Waals surface area contributed by atoms with Crippen molar-refractivity contribution in [3.8, 4) is 0 Å². The third-order valence-electron chi connectivity index (χ3n) is 2.78. The van der Waals surface area contributed by atoms with E-state index in [0.717, 1.165) is 5.56 Å². The molecule has 17 heavy (non-hydrogen) atoms. The zero-order valence-electron chi connectivity index (χ0n) is 10.7. The predicted octanol–water partition coefficient (Wildman–Crippen LogP) is 1.19. The number of pyridine rings is 1. The summed E-state index contributed by atoms with van der Waals surface area (Å²) in [4.78, 5) is 15.9. The second kappa shape index (κ2) is 7.01. The number of carbonyl (C=O) groups excluding carboxylic acids is 1. The summed E-state index contributed by atoms with van der Waals surface area (Å²) in [6.07, 6.45) is 3.46. The van der Waals surface area contributed by atoms with Gasteiger partial charge in [-0.15, -0.1) is 0 Å². The topological polar surface area (TPSA) is 54.0 Å². The Kier molecular flexibility index (Phi) is 5.63. The van der Waals surface area contributed by atoms with Crippen LogP contribution in [-0.2, 0) is 11.3 Å². The molecule has 0 saturated carbocycles. The molecule has 1 aromatic heterocycles. The Morgan fingerprint density at radius 1 is 1.35 bits per heavy atom. The molecule has 4 heteroatoms. The van der Waals surface area contributed by atoms with Crippen LogP contribution in [0.25, 0.3) is 0 Å². The molecule has 1 atom stereocenters. The fourth-order valence-electron chi connectivity index (χ4n) is 1.67. The number of amides is 1. The Balaban J connectivity index is 2.47. The Morgan fingerprint density at radius 2 is 2.00 bits per heavy atom. The molecule has 1 amide bonds. The maximum Gasteiger partial charge on any atom is 0.224 e. The lowest BCUT2D eigenvalue weighted by Gasteiger charge is -2.19. The third kappa shape index (κ3) is 4.53. The van der Waals surface area contributed by atoms with Crippen LogP contribution in [0.4, 0.5) is 0 Å². The SMILES string of the molecule is CNCC(C(=O)NCc1ccncc1)C(C)C. The fraction of sp³-hybridized carbons (Fsp3) is 0.538. The summed E-state index contributed by atoms with van der Waals surface area (Å²) in [5, 5.41) is 6.02. The zero-order valence-corrected chi connectivity index (χ0v) is 10.7. The van der Waals surface area contributed by atoms with E-state index in [9.17, 15) is 4.79 Å². The Labute approximate surface area is 103 Å². The van der Waals surface area contributed by atoms with Crippen molar-refractivity contribution in [1.29, 1.82) is 0 Å². The van der Waals surface area contributed by atoms with Gasteiger partial charge in [0.1, 0.15) is 0 Å². The van der Waals surface area contributed by atoms with Crippen LogP contribution in [-0.4, -0.2) is 24.5 Å². The van der Waals surface area contributed by atoms with Crippen molar-refractivity contribution in [2.24, 2.45) is 11.8 Å². The highest BCUT2D eigenvalue weighted by Crippen LogP contribution is 2.10. The van der Waals surface area contributed by atoms with Gasteiger partial charge in [0.05, 0.1) is 5.92 Å². The second-order valence-corrected chi connectivity index (χ2v) is 4.48. The maximum absolute atomic E-state index is 12.0. The number of nitrogens with one attached hydrogen (secondary N) is 2. The first kappa shape index (κ1) is 13.6. The monoisotopic (exact) mass is 235 g/mol. The smallest absolute Gasteiger partial charge is 0.224 e. The van der Waals surface area contributed by atoms with Gasteiger partial charge in [0.25, 0.3) is 0 Å². The highest BCUT2D eigenvalue weighted by atomic mass is 16.1. The van der Waals surface area contributed by atoms with Gasteiger partial charge in [-0.1, -0.05) is 13.8 Å². The van der Waals surface area contributed by atoms with Gasteiger partial charge >= 0.3 is 0 Å². The van der Waals surface area contributed by atoms with Gasteiger partial charge in [-0.05, 0) is 30.7 Å². The van der Waals surface area contributed by atoms with E-state index in [4.69, 9.17) is 0 Å². The van der Waals surface area contributed by atoms with Crippen molar-refractivity contribution in [3.05, 3.63) is 30.1 Å².